The summed E-state index contributed by atoms with van der Waals surface area (Å²) in [6.07, 6.45) is 45.7. The van der Waals surface area contributed by atoms with Crippen LogP contribution in [-0.2, 0) is 37.4 Å². The third-order valence-electron chi connectivity index (χ3n) is 9.30. The first-order valence-corrected chi connectivity index (χ1v) is 23.4. The highest BCUT2D eigenvalue weighted by atomic mass is 31.2. The van der Waals surface area contributed by atoms with Gasteiger partial charge in [-0.05, 0) is 77.0 Å². The lowest BCUT2D eigenvalue weighted by atomic mass is 10.1. The van der Waals surface area contributed by atoms with Gasteiger partial charge in [0, 0.05) is 19.4 Å². The van der Waals surface area contributed by atoms with E-state index in [2.05, 4.69) is 68.5 Å². The predicted octanol–water partition coefficient (Wildman–Crippen LogP) is 11.5. The van der Waals surface area contributed by atoms with Gasteiger partial charge in [-0.1, -0.05) is 139 Å². The number of esters is 2. The van der Waals surface area contributed by atoms with Gasteiger partial charge in [-0.3, -0.25) is 18.6 Å². The first-order valence-electron chi connectivity index (χ1n) is 21.9. The average Bonchev–Trinajstić information content (AvgIpc) is 3.94. The maximum atomic E-state index is 12.6. The number of hydrogen-bond acceptors (Lipinski definition) is 9. The van der Waals surface area contributed by atoms with E-state index in [0.717, 1.165) is 57.8 Å². The fourth-order valence-electron chi connectivity index (χ4n) is 5.93. The standard InChI is InChI=1S/C45H78NO9P/c1-3-5-7-8-9-10-11-12-13-14-15-16-17-22-25-28-32-36-45(48)54-41(40-53-56(49,50)52-38-37-46)39-51-44(47)35-31-27-24-21-19-18-20-23-26-30-34-43-42(55-43)33-29-6-4-2/h9-10,12-13,18,20-21,24,26,30,41-43H,3-8,11,14-17,19,22-23,25,27-29,31-40,46H2,1-2H3,(H,49,50)/b10-9-,13-12-,20-18-,24-21-,30-26-/t41-,42?,43?/m1/s1. The smallest absolute Gasteiger partial charge is 0.462 e. The van der Waals surface area contributed by atoms with Crippen molar-refractivity contribution in [1.29, 1.82) is 0 Å². The fraction of sp³-hybridized carbons (Fsp3) is 0.733. The summed E-state index contributed by atoms with van der Waals surface area (Å²) in [4.78, 5) is 34.9. The van der Waals surface area contributed by atoms with Gasteiger partial charge in [-0.25, -0.2) is 4.57 Å². The van der Waals surface area contributed by atoms with E-state index in [9.17, 15) is 19.0 Å². The monoisotopic (exact) mass is 808 g/mol. The third-order valence-corrected chi connectivity index (χ3v) is 10.3. The van der Waals surface area contributed by atoms with Gasteiger partial charge in [0.2, 0.25) is 0 Å². The lowest BCUT2D eigenvalue weighted by Gasteiger charge is -2.19. The van der Waals surface area contributed by atoms with Gasteiger partial charge in [-0.15, -0.1) is 0 Å². The van der Waals surface area contributed by atoms with Gasteiger partial charge < -0.3 is 24.8 Å². The minimum absolute atomic E-state index is 0.0403. The molecule has 0 saturated carbocycles. The number of carbonyl (C=O) groups is 2. The molecule has 1 heterocycles. The summed E-state index contributed by atoms with van der Waals surface area (Å²) in [6, 6.07) is 0. The number of rotatable bonds is 39. The molecule has 322 valence electrons. The van der Waals surface area contributed by atoms with Gasteiger partial charge >= 0.3 is 19.8 Å². The van der Waals surface area contributed by atoms with Crippen LogP contribution in [-0.4, -0.2) is 61.5 Å². The van der Waals surface area contributed by atoms with Crippen LogP contribution in [0.3, 0.4) is 0 Å². The number of hydrogen-bond donors (Lipinski definition) is 2. The molecule has 56 heavy (non-hydrogen) atoms. The highest BCUT2D eigenvalue weighted by Crippen LogP contribution is 2.43. The number of nitrogens with two attached hydrogens (primary N) is 1. The fourth-order valence-corrected chi connectivity index (χ4v) is 6.69. The van der Waals surface area contributed by atoms with E-state index < -0.39 is 32.5 Å². The third kappa shape index (κ3) is 33.8. The van der Waals surface area contributed by atoms with Crippen LogP contribution in [0.2, 0.25) is 0 Å². The molecule has 1 rings (SSSR count). The Hall–Kier alpha value is -2.33. The molecule has 4 atom stereocenters. The van der Waals surface area contributed by atoms with E-state index in [1.165, 1.54) is 70.6 Å². The van der Waals surface area contributed by atoms with Crippen LogP contribution >= 0.6 is 7.82 Å². The van der Waals surface area contributed by atoms with Crippen LogP contribution in [0.15, 0.2) is 60.8 Å². The quantitative estimate of drug-likeness (QED) is 0.0202. The van der Waals surface area contributed by atoms with Crippen molar-refractivity contribution in [1.82, 2.24) is 0 Å². The largest absolute Gasteiger partial charge is 0.472 e. The number of phosphoric ester groups is 1. The van der Waals surface area contributed by atoms with Crippen molar-refractivity contribution in [3.8, 4) is 0 Å². The van der Waals surface area contributed by atoms with Crippen LogP contribution < -0.4 is 5.73 Å². The number of epoxide rings is 1. The Morgan fingerprint density at radius 3 is 1.82 bits per heavy atom. The van der Waals surface area contributed by atoms with E-state index in [-0.39, 0.29) is 32.6 Å². The van der Waals surface area contributed by atoms with Gasteiger partial charge in [-0.2, -0.15) is 0 Å². The Balaban J connectivity index is 2.22. The minimum Gasteiger partial charge on any atom is -0.462 e. The summed E-state index contributed by atoms with van der Waals surface area (Å²) < 4.78 is 38.4. The second kappa shape index (κ2) is 37.0. The predicted molar refractivity (Wildman–Crippen MR) is 228 cm³/mol. The molecule has 10 nitrogen and oxygen atoms in total. The molecule has 0 aromatic rings. The van der Waals surface area contributed by atoms with Crippen LogP contribution in [0, 0.1) is 0 Å². The molecule has 0 bridgehead atoms. The maximum absolute atomic E-state index is 12.6. The highest BCUT2D eigenvalue weighted by Gasteiger charge is 2.36. The van der Waals surface area contributed by atoms with E-state index in [4.69, 9.17) is 29.0 Å². The Morgan fingerprint density at radius 1 is 0.643 bits per heavy atom. The summed E-state index contributed by atoms with van der Waals surface area (Å²) in [5.74, 6) is -0.912. The van der Waals surface area contributed by atoms with E-state index in [0.29, 0.717) is 25.0 Å². The van der Waals surface area contributed by atoms with Gasteiger partial charge in [0.25, 0.3) is 0 Å². The molecular formula is C45H78NO9P. The maximum Gasteiger partial charge on any atom is 0.472 e. The Labute approximate surface area is 340 Å². The van der Waals surface area contributed by atoms with Crippen molar-refractivity contribution in [2.45, 2.75) is 186 Å². The molecule has 1 aliphatic rings. The molecule has 3 N–H and O–H groups in total. The molecule has 11 heteroatoms. The number of ether oxygens (including phenoxy) is 3. The van der Waals surface area contributed by atoms with Crippen molar-refractivity contribution in [2.75, 3.05) is 26.4 Å². The Bertz CT molecular complexity index is 1170. The molecule has 0 radical (unpaired) electrons. The number of unbranched alkanes of at least 4 members (excludes halogenated alkanes) is 13. The minimum atomic E-state index is -4.40. The van der Waals surface area contributed by atoms with Gasteiger partial charge in [0.1, 0.15) is 6.61 Å². The molecule has 1 fully saturated rings. The number of allylic oxidation sites excluding steroid dienone is 9. The molecule has 3 unspecified atom stereocenters. The van der Waals surface area contributed by atoms with Crippen molar-refractivity contribution in [3.05, 3.63) is 60.8 Å². The molecule has 0 spiro atoms. The van der Waals surface area contributed by atoms with E-state index in [1.807, 2.05) is 6.08 Å². The summed E-state index contributed by atoms with van der Waals surface area (Å²) in [5.41, 5.74) is 5.34. The first-order chi connectivity index (χ1) is 27.3. The van der Waals surface area contributed by atoms with Crippen LogP contribution in [0.25, 0.3) is 0 Å². The lowest BCUT2D eigenvalue weighted by Crippen LogP contribution is -2.29. The summed E-state index contributed by atoms with van der Waals surface area (Å²) >= 11 is 0. The molecule has 1 saturated heterocycles. The zero-order valence-electron chi connectivity index (χ0n) is 35.0. The van der Waals surface area contributed by atoms with Crippen molar-refractivity contribution < 1.29 is 42.3 Å². The Kier molecular flexibility index (Phi) is 34.1. The first kappa shape index (κ1) is 51.7. The van der Waals surface area contributed by atoms with Crippen LogP contribution in [0.5, 0.6) is 0 Å². The Morgan fingerprint density at radius 2 is 1.18 bits per heavy atom. The zero-order valence-corrected chi connectivity index (χ0v) is 35.9. The lowest BCUT2D eigenvalue weighted by molar-refractivity contribution is -0.161. The highest BCUT2D eigenvalue weighted by molar-refractivity contribution is 7.47. The molecule has 0 aromatic heterocycles. The summed E-state index contributed by atoms with van der Waals surface area (Å²) in [6.45, 7) is 3.59. The topological polar surface area (TPSA) is 147 Å². The molecule has 0 aliphatic carbocycles. The second-order valence-electron chi connectivity index (χ2n) is 14.6. The number of phosphoric acid groups is 1. The summed E-state index contributed by atoms with van der Waals surface area (Å²) in [7, 11) is -4.40. The number of carbonyl (C=O) groups excluding carboxylic acids is 2. The summed E-state index contributed by atoms with van der Waals surface area (Å²) in [5, 5.41) is 0. The van der Waals surface area contributed by atoms with Crippen molar-refractivity contribution in [3.63, 3.8) is 0 Å². The van der Waals surface area contributed by atoms with Crippen molar-refractivity contribution >= 4 is 19.8 Å². The van der Waals surface area contributed by atoms with Gasteiger partial charge in [0.15, 0.2) is 6.10 Å². The average molecular weight is 808 g/mol. The SMILES string of the molecule is CCCCC/C=C\C/C=C\CCCCCCCCCC(=O)O[C@H](COC(=O)CCC/C=C\C/C=C\C/C=C\CC1OC1CCCCC)COP(=O)(O)OCCN. The molecular weight excluding hydrogens is 729 g/mol. The molecule has 0 amide bonds. The van der Waals surface area contributed by atoms with Crippen LogP contribution in [0.4, 0.5) is 0 Å². The normalized spacial score (nSPS) is 17.5. The van der Waals surface area contributed by atoms with Crippen LogP contribution in [0.1, 0.15) is 168 Å². The zero-order chi connectivity index (χ0) is 40.8. The van der Waals surface area contributed by atoms with Gasteiger partial charge in [0.05, 0.1) is 25.4 Å². The molecule has 0 aromatic carbocycles. The molecule has 1 aliphatic heterocycles. The second-order valence-corrected chi connectivity index (χ2v) is 16.0. The van der Waals surface area contributed by atoms with Crippen molar-refractivity contribution in [2.24, 2.45) is 5.73 Å². The van der Waals surface area contributed by atoms with E-state index in [1.54, 1.807) is 0 Å². The van der Waals surface area contributed by atoms with E-state index >= 15 is 0 Å².